The molecule has 0 bridgehead atoms. The standard InChI is InChI=1S/C18H15NO3/c20-18(21)10-15-6-2-4-8-17(15)22-12-13-9-14-5-1-3-7-16(14)19-11-13/h1-9,11H,10,12H2,(H,20,21). The van der Waals surface area contributed by atoms with Crippen molar-refractivity contribution in [2.24, 2.45) is 0 Å². The van der Waals surface area contributed by atoms with E-state index in [0.29, 0.717) is 17.9 Å². The first-order chi connectivity index (χ1) is 10.7. The minimum absolute atomic E-state index is 0.0495. The molecule has 0 aliphatic rings. The summed E-state index contributed by atoms with van der Waals surface area (Å²) < 4.78 is 5.77. The smallest absolute Gasteiger partial charge is 0.307 e. The molecule has 0 spiro atoms. The number of nitrogens with zero attached hydrogens (tertiary/aromatic N) is 1. The average molecular weight is 293 g/mol. The van der Waals surface area contributed by atoms with Crippen LogP contribution in [0.4, 0.5) is 0 Å². The minimum atomic E-state index is -0.872. The maximum Gasteiger partial charge on any atom is 0.307 e. The van der Waals surface area contributed by atoms with Crippen molar-refractivity contribution in [1.82, 2.24) is 4.98 Å². The number of carboxylic acid groups (broad SMARTS) is 1. The number of para-hydroxylation sites is 2. The van der Waals surface area contributed by atoms with Gasteiger partial charge in [-0.2, -0.15) is 0 Å². The third kappa shape index (κ3) is 3.23. The third-order valence-corrected chi connectivity index (χ3v) is 3.36. The fourth-order valence-electron chi connectivity index (χ4n) is 2.31. The summed E-state index contributed by atoms with van der Waals surface area (Å²) >= 11 is 0. The second-order valence-electron chi connectivity index (χ2n) is 5.00. The summed E-state index contributed by atoms with van der Waals surface area (Å²) in [6.45, 7) is 0.356. The lowest BCUT2D eigenvalue weighted by Crippen LogP contribution is -2.04. The van der Waals surface area contributed by atoms with Crippen molar-refractivity contribution < 1.29 is 14.6 Å². The van der Waals surface area contributed by atoms with E-state index in [1.807, 2.05) is 42.5 Å². The molecule has 1 N–H and O–H groups in total. The van der Waals surface area contributed by atoms with Crippen LogP contribution in [-0.4, -0.2) is 16.1 Å². The molecule has 0 atom stereocenters. The molecule has 0 saturated heterocycles. The first-order valence-corrected chi connectivity index (χ1v) is 6.98. The Kier molecular flexibility index (Phi) is 4.01. The van der Waals surface area contributed by atoms with Gasteiger partial charge in [-0.25, -0.2) is 0 Å². The molecule has 110 valence electrons. The minimum Gasteiger partial charge on any atom is -0.489 e. The monoisotopic (exact) mass is 293 g/mol. The van der Waals surface area contributed by atoms with Crippen LogP contribution in [0, 0.1) is 0 Å². The average Bonchev–Trinajstić information content (AvgIpc) is 2.53. The molecule has 0 amide bonds. The Balaban J connectivity index is 1.77. The van der Waals surface area contributed by atoms with Crippen LogP contribution < -0.4 is 4.74 Å². The normalized spacial score (nSPS) is 10.5. The zero-order valence-corrected chi connectivity index (χ0v) is 11.9. The molecule has 0 radical (unpaired) electrons. The highest BCUT2D eigenvalue weighted by Gasteiger charge is 2.07. The van der Waals surface area contributed by atoms with Crippen LogP contribution in [0.3, 0.4) is 0 Å². The SMILES string of the molecule is O=C(O)Cc1ccccc1OCc1cnc2ccccc2c1. The Bertz CT molecular complexity index is 814. The summed E-state index contributed by atoms with van der Waals surface area (Å²) in [5.74, 6) is -0.276. The highest BCUT2D eigenvalue weighted by molar-refractivity contribution is 5.78. The topological polar surface area (TPSA) is 59.4 Å². The van der Waals surface area contributed by atoms with Crippen LogP contribution in [-0.2, 0) is 17.8 Å². The van der Waals surface area contributed by atoms with Gasteiger partial charge in [0.15, 0.2) is 0 Å². The number of aromatic nitrogens is 1. The molecule has 3 rings (SSSR count). The zero-order chi connectivity index (χ0) is 15.4. The van der Waals surface area contributed by atoms with Gasteiger partial charge in [-0.05, 0) is 18.2 Å². The summed E-state index contributed by atoms with van der Waals surface area (Å²) in [6, 6.07) is 17.1. The molecule has 0 unspecified atom stereocenters. The van der Waals surface area contributed by atoms with E-state index in [2.05, 4.69) is 4.98 Å². The summed E-state index contributed by atoms with van der Waals surface area (Å²) in [5, 5.41) is 9.99. The van der Waals surface area contributed by atoms with Crippen molar-refractivity contribution in [3.8, 4) is 5.75 Å². The quantitative estimate of drug-likeness (QED) is 0.783. The molecule has 0 fully saturated rings. The first-order valence-electron chi connectivity index (χ1n) is 6.98. The fourth-order valence-corrected chi connectivity index (χ4v) is 2.31. The Morgan fingerprint density at radius 3 is 2.73 bits per heavy atom. The van der Waals surface area contributed by atoms with Crippen molar-refractivity contribution in [2.75, 3.05) is 0 Å². The molecule has 22 heavy (non-hydrogen) atoms. The summed E-state index contributed by atoms with van der Waals surface area (Å²) in [7, 11) is 0. The maximum absolute atomic E-state index is 10.9. The Morgan fingerprint density at radius 1 is 1.09 bits per heavy atom. The molecule has 0 aliphatic heterocycles. The van der Waals surface area contributed by atoms with E-state index in [4.69, 9.17) is 9.84 Å². The number of fused-ring (bicyclic) bond motifs is 1. The van der Waals surface area contributed by atoms with Crippen LogP contribution in [0.25, 0.3) is 10.9 Å². The largest absolute Gasteiger partial charge is 0.489 e. The maximum atomic E-state index is 10.9. The molecule has 3 aromatic rings. The van der Waals surface area contributed by atoms with Gasteiger partial charge in [0.05, 0.1) is 11.9 Å². The van der Waals surface area contributed by atoms with E-state index in [1.165, 1.54) is 0 Å². The summed E-state index contributed by atoms with van der Waals surface area (Å²) in [6.07, 6.45) is 1.73. The summed E-state index contributed by atoms with van der Waals surface area (Å²) in [5.41, 5.74) is 2.56. The van der Waals surface area contributed by atoms with Gasteiger partial charge in [-0.15, -0.1) is 0 Å². The lowest BCUT2D eigenvalue weighted by molar-refractivity contribution is -0.136. The van der Waals surface area contributed by atoms with Gasteiger partial charge in [-0.3, -0.25) is 9.78 Å². The van der Waals surface area contributed by atoms with Crippen molar-refractivity contribution in [1.29, 1.82) is 0 Å². The molecule has 4 heteroatoms. The van der Waals surface area contributed by atoms with Crippen molar-refractivity contribution in [3.05, 3.63) is 71.9 Å². The highest BCUT2D eigenvalue weighted by atomic mass is 16.5. The van der Waals surface area contributed by atoms with Gasteiger partial charge >= 0.3 is 5.97 Å². The van der Waals surface area contributed by atoms with Gasteiger partial charge in [-0.1, -0.05) is 36.4 Å². The molecule has 4 nitrogen and oxygen atoms in total. The van der Waals surface area contributed by atoms with Crippen LogP contribution in [0.15, 0.2) is 60.8 Å². The summed E-state index contributed by atoms with van der Waals surface area (Å²) in [4.78, 5) is 15.3. The molecule has 2 aromatic carbocycles. The second-order valence-corrected chi connectivity index (χ2v) is 5.00. The predicted molar refractivity (Wildman–Crippen MR) is 83.9 cm³/mol. The lowest BCUT2D eigenvalue weighted by atomic mass is 10.1. The van der Waals surface area contributed by atoms with Crippen molar-refractivity contribution in [2.45, 2.75) is 13.0 Å². The molecule has 0 aliphatic carbocycles. The van der Waals surface area contributed by atoms with Crippen LogP contribution in [0.5, 0.6) is 5.75 Å². The second kappa shape index (κ2) is 6.26. The molecular formula is C18H15NO3. The van der Waals surface area contributed by atoms with Crippen molar-refractivity contribution >= 4 is 16.9 Å². The van der Waals surface area contributed by atoms with E-state index in [-0.39, 0.29) is 6.42 Å². The molecule has 1 heterocycles. The Labute approximate surface area is 128 Å². The van der Waals surface area contributed by atoms with Gasteiger partial charge < -0.3 is 9.84 Å². The van der Waals surface area contributed by atoms with Gasteiger partial charge in [0, 0.05) is 22.7 Å². The van der Waals surface area contributed by atoms with E-state index in [0.717, 1.165) is 16.5 Å². The lowest BCUT2D eigenvalue weighted by Gasteiger charge is -2.10. The fraction of sp³-hybridized carbons (Fsp3) is 0.111. The number of rotatable bonds is 5. The molecule has 1 aromatic heterocycles. The van der Waals surface area contributed by atoms with Gasteiger partial charge in [0.2, 0.25) is 0 Å². The van der Waals surface area contributed by atoms with Gasteiger partial charge in [0.25, 0.3) is 0 Å². The van der Waals surface area contributed by atoms with E-state index >= 15 is 0 Å². The third-order valence-electron chi connectivity index (χ3n) is 3.36. The van der Waals surface area contributed by atoms with Crippen LogP contribution in [0.2, 0.25) is 0 Å². The van der Waals surface area contributed by atoms with Crippen LogP contribution >= 0.6 is 0 Å². The van der Waals surface area contributed by atoms with Crippen LogP contribution in [0.1, 0.15) is 11.1 Å². The molecule has 0 saturated carbocycles. The highest BCUT2D eigenvalue weighted by Crippen LogP contribution is 2.21. The van der Waals surface area contributed by atoms with Gasteiger partial charge in [0.1, 0.15) is 12.4 Å². The number of aliphatic carboxylic acids is 1. The van der Waals surface area contributed by atoms with E-state index in [1.54, 1.807) is 18.3 Å². The first kappa shape index (κ1) is 14.1. The van der Waals surface area contributed by atoms with E-state index in [9.17, 15) is 4.79 Å². The number of hydrogen-bond donors (Lipinski definition) is 1. The number of hydrogen-bond acceptors (Lipinski definition) is 3. The number of ether oxygens (including phenoxy) is 1. The van der Waals surface area contributed by atoms with E-state index < -0.39 is 5.97 Å². The Morgan fingerprint density at radius 2 is 1.86 bits per heavy atom. The number of carboxylic acids is 1. The zero-order valence-electron chi connectivity index (χ0n) is 11.9. The number of benzene rings is 2. The predicted octanol–water partition coefficient (Wildman–Crippen LogP) is 3.44. The molecular weight excluding hydrogens is 278 g/mol. The van der Waals surface area contributed by atoms with Crippen molar-refractivity contribution in [3.63, 3.8) is 0 Å². The Hall–Kier alpha value is -2.88. The number of pyridine rings is 1. The number of carbonyl (C=O) groups is 1.